The van der Waals surface area contributed by atoms with E-state index < -0.39 is 0 Å². The van der Waals surface area contributed by atoms with Crippen molar-refractivity contribution in [2.24, 2.45) is 22.2 Å². The molecular formula is C11H23N. The fourth-order valence-electron chi connectivity index (χ4n) is 1.33. The van der Waals surface area contributed by atoms with Crippen LogP contribution < -0.4 is 0 Å². The molecule has 1 unspecified atom stereocenters. The Morgan fingerprint density at radius 1 is 1.25 bits per heavy atom. The standard InChI is InChI=1S/C11H23N/c1-9(2)7-10(8-12-6)11(3,4)5/h8-10H,7H2,1-6H3. The Hall–Kier alpha value is -0.330. The smallest absolute Gasteiger partial charge is 0.0273 e. The lowest BCUT2D eigenvalue weighted by atomic mass is 9.77. The van der Waals surface area contributed by atoms with E-state index in [4.69, 9.17) is 0 Å². The van der Waals surface area contributed by atoms with Gasteiger partial charge in [0.1, 0.15) is 0 Å². The zero-order chi connectivity index (χ0) is 9.78. The van der Waals surface area contributed by atoms with Crippen LogP contribution in [-0.2, 0) is 0 Å². The zero-order valence-corrected chi connectivity index (χ0v) is 9.39. The van der Waals surface area contributed by atoms with Crippen LogP contribution in [-0.4, -0.2) is 13.3 Å². The van der Waals surface area contributed by atoms with Crippen molar-refractivity contribution in [3.8, 4) is 0 Å². The Labute approximate surface area is 77.3 Å². The van der Waals surface area contributed by atoms with Gasteiger partial charge in [-0.3, -0.25) is 0 Å². The van der Waals surface area contributed by atoms with Crippen molar-refractivity contribution in [1.29, 1.82) is 0 Å². The average molecular weight is 169 g/mol. The fraction of sp³-hybridized carbons (Fsp3) is 0.909. The van der Waals surface area contributed by atoms with E-state index in [0.717, 1.165) is 5.92 Å². The van der Waals surface area contributed by atoms with Gasteiger partial charge in [0.2, 0.25) is 0 Å². The molecule has 0 aromatic rings. The molecule has 0 rings (SSSR count). The maximum atomic E-state index is 4.13. The van der Waals surface area contributed by atoms with Gasteiger partial charge in [0, 0.05) is 13.3 Å². The molecule has 12 heavy (non-hydrogen) atoms. The third-order valence-electron chi connectivity index (χ3n) is 2.17. The minimum Gasteiger partial charge on any atom is -0.301 e. The number of hydrogen-bond donors (Lipinski definition) is 0. The van der Waals surface area contributed by atoms with Crippen LogP contribution in [0.3, 0.4) is 0 Å². The number of aliphatic imine (C=N–C) groups is 1. The second-order valence-electron chi connectivity index (χ2n) is 5.01. The molecule has 0 saturated heterocycles. The SMILES string of the molecule is CN=CC(CC(C)C)C(C)(C)C. The molecular weight excluding hydrogens is 146 g/mol. The van der Waals surface area contributed by atoms with Crippen molar-refractivity contribution in [3.05, 3.63) is 0 Å². The molecule has 1 heteroatoms. The van der Waals surface area contributed by atoms with Crippen molar-refractivity contribution >= 4 is 6.21 Å². The lowest BCUT2D eigenvalue weighted by Crippen LogP contribution is -2.23. The highest BCUT2D eigenvalue weighted by Gasteiger charge is 2.23. The van der Waals surface area contributed by atoms with E-state index in [-0.39, 0.29) is 0 Å². The van der Waals surface area contributed by atoms with Crippen LogP contribution in [0.1, 0.15) is 41.0 Å². The van der Waals surface area contributed by atoms with Crippen LogP contribution in [0.25, 0.3) is 0 Å². The quantitative estimate of drug-likeness (QED) is 0.574. The van der Waals surface area contributed by atoms with Crippen LogP contribution in [0.2, 0.25) is 0 Å². The molecule has 0 bridgehead atoms. The third-order valence-corrected chi connectivity index (χ3v) is 2.17. The summed E-state index contributed by atoms with van der Waals surface area (Å²) >= 11 is 0. The number of nitrogens with zero attached hydrogens (tertiary/aromatic N) is 1. The Bertz CT molecular complexity index is 140. The minimum absolute atomic E-state index is 0.351. The van der Waals surface area contributed by atoms with Gasteiger partial charge in [-0.05, 0) is 23.7 Å². The number of rotatable bonds is 3. The summed E-state index contributed by atoms with van der Waals surface area (Å²) in [6.45, 7) is 11.4. The Balaban J connectivity index is 4.24. The van der Waals surface area contributed by atoms with Gasteiger partial charge < -0.3 is 4.99 Å². The van der Waals surface area contributed by atoms with Gasteiger partial charge in [-0.2, -0.15) is 0 Å². The van der Waals surface area contributed by atoms with E-state index in [9.17, 15) is 0 Å². The molecule has 1 atom stereocenters. The molecule has 1 nitrogen and oxygen atoms in total. The van der Waals surface area contributed by atoms with Gasteiger partial charge in [0.25, 0.3) is 0 Å². The van der Waals surface area contributed by atoms with E-state index in [2.05, 4.69) is 45.8 Å². The summed E-state index contributed by atoms with van der Waals surface area (Å²) in [5.41, 5.74) is 0.351. The summed E-state index contributed by atoms with van der Waals surface area (Å²) in [5, 5.41) is 0. The van der Waals surface area contributed by atoms with Crippen LogP contribution in [0.5, 0.6) is 0 Å². The summed E-state index contributed by atoms with van der Waals surface area (Å²) in [5.74, 6) is 1.37. The average Bonchev–Trinajstić information content (AvgIpc) is 1.83. The summed E-state index contributed by atoms with van der Waals surface area (Å²) in [7, 11) is 1.86. The van der Waals surface area contributed by atoms with Crippen molar-refractivity contribution in [2.45, 2.75) is 41.0 Å². The van der Waals surface area contributed by atoms with Gasteiger partial charge in [-0.1, -0.05) is 34.6 Å². The van der Waals surface area contributed by atoms with Gasteiger partial charge >= 0.3 is 0 Å². The highest BCUT2D eigenvalue weighted by atomic mass is 14.6. The predicted molar refractivity (Wildman–Crippen MR) is 56.8 cm³/mol. The zero-order valence-electron chi connectivity index (χ0n) is 9.39. The molecule has 0 aliphatic rings. The number of hydrogen-bond acceptors (Lipinski definition) is 1. The molecule has 0 amide bonds. The van der Waals surface area contributed by atoms with Crippen LogP contribution in [0, 0.1) is 17.3 Å². The van der Waals surface area contributed by atoms with Crippen molar-refractivity contribution in [3.63, 3.8) is 0 Å². The van der Waals surface area contributed by atoms with Gasteiger partial charge in [-0.25, -0.2) is 0 Å². The Kier molecular flexibility index (Phi) is 4.51. The van der Waals surface area contributed by atoms with Crippen LogP contribution in [0.4, 0.5) is 0 Å². The van der Waals surface area contributed by atoms with Gasteiger partial charge in [0.15, 0.2) is 0 Å². The summed E-state index contributed by atoms with van der Waals surface area (Å²) in [4.78, 5) is 4.13. The summed E-state index contributed by atoms with van der Waals surface area (Å²) in [6, 6.07) is 0. The normalized spacial score (nSPS) is 15.9. The van der Waals surface area contributed by atoms with E-state index >= 15 is 0 Å². The van der Waals surface area contributed by atoms with Crippen LogP contribution in [0.15, 0.2) is 4.99 Å². The largest absolute Gasteiger partial charge is 0.301 e. The fourth-order valence-corrected chi connectivity index (χ4v) is 1.33. The Morgan fingerprint density at radius 2 is 1.75 bits per heavy atom. The first kappa shape index (κ1) is 11.7. The van der Waals surface area contributed by atoms with Gasteiger partial charge in [0.05, 0.1) is 0 Å². The summed E-state index contributed by atoms with van der Waals surface area (Å²) < 4.78 is 0. The third kappa shape index (κ3) is 4.53. The van der Waals surface area contributed by atoms with Gasteiger partial charge in [-0.15, -0.1) is 0 Å². The molecule has 0 N–H and O–H groups in total. The highest BCUT2D eigenvalue weighted by Crippen LogP contribution is 2.29. The topological polar surface area (TPSA) is 12.4 Å². The molecule has 72 valence electrons. The molecule has 0 spiro atoms. The first-order valence-corrected chi connectivity index (χ1v) is 4.80. The second-order valence-corrected chi connectivity index (χ2v) is 5.01. The molecule has 0 fully saturated rings. The highest BCUT2D eigenvalue weighted by molar-refractivity contribution is 5.61. The first-order chi connectivity index (χ1) is 5.38. The minimum atomic E-state index is 0.351. The van der Waals surface area contributed by atoms with Crippen molar-refractivity contribution < 1.29 is 0 Å². The molecule has 0 saturated carbocycles. The second kappa shape index (κ2) is 4.64. The van der Waals surface area contributed by atoms with Crippen LogP contribution >= 0.6 is 0 Å². The predicted octanol–water partition coefficient (Wildman–Crippen LogP) is 3.40. The Morgan fingerprint density at radius 3 is 2.00 bits per heavy atom. The molecule has 0 heterocycles. The lowest BCUT2D eigenvalue weighted by Gasteiger charge is -2.28. The molecule has 0 aromatic heterocycles. The first-order valence-electron chi connectivity index (χ1n) is 4.80. The van der Waals surface area contributed by atoms with E-state index in [1.807, 2.05) is 7.05 Å². The maximum Gasteiger partial charge on any atom is 0.0273 e. The van der Waals surface area contributed by atoms with E-state index in [1.54, 1.807) is 0 Å². The molecule has 0 aliphatic heterocycles. The van der Waals surface area contributed by atoms with E-state index in [0.29, 0.717) is 11.3 Å². The van der Waals surface area contributed by atoms with E-state index in [1.165, 1.54) is 6.42 Å². The monoisotopic (exact) mass is 169 g/mol. The van der Waals surface area contributed by atoms with Crippen molar-refractivity contribution in [1.82, 2.24) is 0 Å². The summed E-state index contributed by atoms with van der Waals surface area (Å²) in [6.07, 6.45) is 3.33. The molecule has 0 radical (unpaired) electrons. The maximum absolute atomic E-state index is 4.13. The lowest BCUT2D eigenvalue weighted by molar-refractivity contribution is 0.277. The molecule has 0 aliphatic carbocycles. The van der Waals surface area contributed by atoms with Crippen molar-refractivity contribution in [2.75, 3.05) is 7.05 Å². The molecule has 0 aromatic carbocycles.